The van der Waals surface area contributed by atoms with Gasteiger partial charge in [0.2, 0.25) is 0 Å². The van der Waals surface area contributed by atoms with Crippen LogP contribution in [0.25, 0.3) is 0 Å². The number of aliphatic carboxylic acids is 2. The van der Waals surface area contributed by atoms with Crippen LogP contribution in [0.2, 0.25) is 0 Å². The summed E-state index contributed by atoms with van der Waals surface area (Å²) in [6.45, 7) is 0. The lowest BCUT2D eigenvalue weighted by Gasteiger charge is -2.19. The highest BCUT2D eigenvalue weighted by molar-refractivity contribution is 5.75. The third kappa shape index (κ3) is 3.79. The molecule has 0 saturated heterocycles. The van der Waals surface area contributed by atoms with E-state index in [1.807, 2.05) is 0 Å². The Kier molecular flexibility index (Phi) is 4.51. The summed E-state index contributed by atoms with van der Waals surface area (Å²) in [6, 6.07) is 6.84. The quantitative estimate of drug-likeness (QED) is 0.615. The third-order valence-corrected chi connectivity index (χ3v) is 2.41. The SMILES string of the molecule is COc1ccccc1CC(CC(=O)[O-])C(=O)[O-]. The van der Waals surface area contributed by atoms with E-state index in [0.717, 1.165) is 0 Å². The molecule has 0 saturated carbocycles. The number of carboxylic acid groups (broad SMARTS) is 2. The van der Waals surface area contributed by atoms with Crippen LogP contribution in [0.5, 0.6) is 5.75 Å². The van der Waals surface area contributed by atoms with Crippen molar-refractivity contribution in [3.05, 3.63) is 29.8 Å². The van der Waals surface area contributed by atoms with Crippen molar-refractivity contribution in [3.63, 3.8) is 0 Å². The van der Waals surface area contributed by atoms with Crippen molar-refractivity contribution in [3.8, 4) is 5.75 Å². The van der Waals surface area contributed by atoms with Crippen LogP contribution < -0.4 is 14.9 Å². The van der Waals surface area contributed by atoms with Crippen molar-refractivity contribution < 1.29 is 24.5 Å². The summed E-state index contributed by atoms with van der Waals surface area (Å²) in [7, 11) is 1.46. The zero-order valence-electron chi connectivity index (χ0n) is 9.34. The molecule has 0 aliphatic heterocycles. The van der Waals surface area contributed by atoms with E-state index in [0.29, 0.717) is 11.3 Å². The predicted molar refractivity (Wildman–Crippen MR) is 54.8 cm³/mol. The monoisotopic (exact) mass is 236 g/mol. The van der Waals surface area contributed by atoms with Crippen LogP contribution in [0.4, 0.5) is 0 Å². The van der Waals surface area contributed by atoms with E-state index in [-0.39, 0.29) is 6.42 Å². The average molecular weight is 236 g/mol. The fourth-order valence-corrected chi connectivity index (χ4v) is 1.58. The average Bonchev–Trinajstić information content (AvgIpc) is 2.28. The minimum atomic E-state index is -1.41. The van der Waals surface area contributed by atoms with Crippen molar-refractivity contribution in [1.29, 1.82) is 0 Å². The van der Waals surface area contributed by atoms with E-state index < -0.39 is 24.3 Å². The molecule has 92 valence electrons. The molecule has 1 atom stereocenters. The Hall–Kier alpha value is -2.04. The summed E-state index contributed by atoms with van der Waals surface area (Å²) in [5.41, 5.74) is 0.630. The van der Waals surface area contributed by atoms with Crippen molar-refractivity contribution in [1.82, 2.24) is 0 Å². The van der Waals surface area contributed by atoms with Gasteiger partial charge in [-0.2, -0.15) is 0 Å². The smallest absolute Gasteiger partial charge is 0.122 e. The van der Waals surface area contributed by atoms with Gasteiger partial charge in [0.15, 0.2) is 0 Å². The number of carboxylic acids is 2. The number of methoxy groups -OCH3 is 1. The first-order valence-electron chi connectivity index (χ1n) is 5.07. The summed E-state index contributed by atoms with van der Waals surface area (Å²) < 4.78 is 5.05. The topological polar surface area (TPSA) is 89.5 Å². The highest BCUT2D eigenvalue weighted by Gasteiger charge is 2.14. The molecule has 17 heavy (non-hydrogen) atoms. The molecule has 0 aliphatic rings. The van der Waals surface area contributed by atoms with Crippen molar-refractivity contribution in [2.45, 2.75) is 12.8 Å². The molecule has 0 bridgehead atoms. The molecule has 5 nitrogen and oxygen atoms in total. The van der Waals surface area contributed by atoms with Crippen LogP contribution in [-0.2, 0) is 16.0 Å². The molecule has 0 fully saturated rings. The van der Waals surface area contributed by atoms with Gasteiger partial charge in [0.1, 0.15) is 5.75 Å². The molecule has 1 aromatic carbocycles. The van der Waals surface area contributed by atoms with Crippen LogP contribution in [0.3, 0.4) is 0 Å². The van der Waals surface area contributed by atoms with Crippen LogP contribution in [0.15, 0.2) is 24.3 Å². The molecular weight excluding hydrogens is 224 g/mol. The Labute approximate surface area is 98.6 Å². The van der Waals surface area contributed by atoms with E-state index >= 15 is 0 Å². The number of rotatable bonds is 6. The summed E-state index contributed by atoms with van der Waals surface area (Å²) in [4.78, 5) is 21.2. The molecule has 5 heteroatoms. The summed E-state index contributed by atoms with van der Waals surface area (Å²) in [5.74, 6) is -3.40. The van der Waals surface area contributed by atoms with Crippen LogP contribution >= 0.6 is 0 Å². The molecule has 0 aromatic heterocycles. The number of hydrogen-bond acceptors (Lipinski definition) is 5. The number of hydrogen-bond donors (Lipinski definition) is 0. The van der Waals surface area contributed by atoms with Gasteiger partial charge in [-0.05, 0) is 24.5 Å². The largest absolute Gasteiger partial charge is 0.550 e. The van der Waals surface area contributed by atoms with Gasteiger partial charge in [-0.15, -0.1) is 0 Å². The highest BCUT2D eigenvalue weighted by Crippen LogP contribution is 2.21. The van der Waals surface area contributed by atoms with Gasteiger partial charge < -0.3 is 24.5 Å². The maximum absolute atomic E-state index is 10.8. The van der Waals surface area contributed by atoms with Crippen LogP contribution in [-0.4, -0.2) is 19.0 Å². The normalized spacial score (nSPS) is 11.8. The lowest BCUT2D eigenvalue weighted by Crippen LogP contribution is -2.37. The Bertz CT molecular complexity index is 413. The minimum Gasteiger partial charge on any atom is -0.550 e. The van der Waals surface area contributed by atoms with E-state index in [2.05, 4.69) is 0 Å². The third-order valence-electron chi connectivity index (χ3n) is 2.41. The molecular formula is C12H12O5-2. The molecule has 1 rings (SSSR count). The molecule has 1 aromatic rings. The van der Waals surface area contributed by atoms with E-state index in [9.17, 15) is 19.8 Å². The maximum Gasteiger partial charge on any atom is 0.122 e. The van der Waals surface area contributed by atoms with Gasteiger partial charge >= 0.3 is 0 Å². The zero-order valence-corrected chi connectivity index (χ0v) is 9.34. The molecule has 0 radical (unpaired) electrons. The Morgan fingerprint density at radius 1 is 1.29 bits per heavy atom. The molecule has 0 aliphatic carbocycles. The lowest BCUT2D eigenvalue weighted by atomic mass is 9.96. The van der Waals surface area contributed by atoms with Gasteiger partial charge in [-0.1, -0.05) is 18.2 Å². The van der Waals surface area contributed by atoms with Crippen molar-refractivity contribution in [2.24, 2.45) is 5.92 Å². The van der Waals surface area contributed by atoms with Crippen LogP contribution in [0, 0.1) is 5.92 Å². The number of ether oxygens (including phenoxy) is 1. The second-order valence-electron chi connectivity index (χ2n) is 3.61. The summed E-state index contributed by atoms with van der Waals surface area (Å²) >= 11 is 0. The number of para-hydroxylation sites is 1. The second-order valence-corrected chi connectivity index (χ2v) is 3.61. The van der Waals surface area contributed by atoms with Crippen molar-refractivity contribution in [2.75, 3.05) is 7.11 Å². The Morgan fingerprint density at radius 2 is 1.94 bits per heavy atom. The van der Waals surface area contributed by atoms with Gasteiger partial charge in [-0.3, -0.25) is 0 Å². The first-order valence-corrected chi connectivity index (χ1v) is 5.07. The fourth-order valence-electron chi connectivity index (χ4n) is 1.58. The Balaban J connectivity index is 2.85. The summed E-state index contributed by atoms with van der Waals surface area (Å²) in [6.07, 6.45) is -0.527. The molecule has 0 spiro atoms. The van der Waals surface area contributed by atoms with Gasteiger partial charge in [-0.25, -0.2) is 0 Å². The predicted octanol–water partition coefficient (Wildman–Crippen LogP) is -1.26. The number of carbonyl (C=O) groups excluding carboxylic acids is 2. The van der Waals surface area contributed by atoms with Gasteiger partial charge in [0.05, 0.1) is 7.11 Å². The molecule has 0 N–H and O–H groups in total. The maximum atomic E-state index is 10.8. The van der Waals surface area contributed by atoms with Crippen LogP contribution in [0.1, 0.15) is 12.0 Å². The van der Waals surface area contributed by atoms with Gasteiger partial charge in [0, 0.05) is 17.9 Å². The Morgan fingerprint density at radius 3 is 2.47 bits per heavy atom. The van der Waals surface area contributed by atoms with Crippen molar-refractivity contribution >= 4 is 11.9 Å². The highest BCUT2D eigenvalue weighted by atomic mass is 16.5. The second kappa shape index (κ2) is 5.89. The molecule has 0 amide bonds. The number of benzene rings is 1. The molecule has 1 unspecified atom stereocenters. The first-order chi connectivity index (χ1) is 8.04. The fraction of sp³-hybridized carbons (Fsp3) is 0.333. The lowest BCUT2D eigenvalue weighted by molar-refractivity contribution is -0.320. The van der Waals surface area contributed by atoms with Gasteiger partial charge in [0.25, 0.3) is 0 Å². The minimum absolute atomic E-state index is 0.0420. The zero-order chi connectivity index (χ0) is 12.8. The summed E-state index contributed by atoms with van der Waals surface area (Å²) in [5, 5.41) is 21.2. The van der Waals surface area contributed by atoms with E-state index in [4.69, 9.17) is 4.74 Å². The number of carbonyl (C=O) groups is 2. The standard InChI is InChI=1S/C12H14O5/c1-17-10-5-3-2-4-8(10)6-9(12(15)16)7-11(13)14/h2-5,9H,6-7H2,1H3,(H,13,14)(H,15,16)/p-2. The van der Waals surface area contributed by atoms with E-state index in [1.165, 1.54) is 7.11 Å². The molecule has 0 heterocycles. The van der Waals surface area contributed by atoms with E-state index in [1.54, 1.807) is 24.3 Å². The first kappa shape index (κ1) is 13.0.